The molecular weight excluding hydrogens is 309 g/mol. The van der Waals surface area contributed by atoms with Crippen molar-refractivity contribution in [1.82, 2.24) is 10.4 Å². The van der Waals surface area contributed by atoms with Gasteiger partial charge in [0.15, 0.2) is 0 Å². The van der Waals surface area contributed by atoms with Crippen LogP contribution < -0.4 is 10.6 Å². The Morgan fingerprint density at radius 2 is 2.08 bits per heavy atom. The largest absolute Gasteiger partial charge is 0.380 e. The van der Waals surface area contributed by atoms with Crippen LogP contribution in [-0.2, 0) is 9.57 Å². The lowest BCUT2D eigenvalue weighted by Crippen LogP contribution is -2.52. The molecule has 2 saturated heterocycles. The van der Waals surface area contributed by atoms with Gasteiger partial charge in [-0.05, 0) is 50.1 Å². The first-order valence-electron chi connectivity index (χ1n) is 9.00. The molecule has 1 aromatic carbocycles. The second kappa shape index (κ2) is 8.76. The van der Waals surface area contributed by atoms with Crippen molar-refractivity contribution in [2.75, 3.05) is 38.2 Å². The molecular formula is C18H28FN3O2. The zero-order valence-corrected chi connectivity index (χ0v) is 14.3. The molecule has 2 aliphatic rings. The Kier molecular flexibility index (Phi) is 6.43. The Bertz CT molecular complexity index is 500. The summed E-state index contributed by atoms with van der Waals surface area (Å²) in [6.07, 6.45) is 3.11. The molecule has 1 aromatic rings. The second-order valence-corrected chi connectivity index (χ2v) is 6.54. The standard InChI is InChI=1S/C18H28FN3O2/c1-2-20-12-14-4-7-17(21-16-8-5-15(19)6-9-16)13-24-22-10-3-11-23-18(14)22/h5-6,8-9,14,17-18,20-21H,2-4,7,10-13H2,1H3/t14?,17?,18-/m1/s1. The van der Waals surface area contributed by atoms with Crippen LogP contribution in [0.25, 0.3) is 0 Å². The van der Waals surface area contributed by atoms with E-state index in [0.29, 0.717) is 12.5 Å². The van der Waals surface area contributed by atoms with E-state index in [1.165, 1.54) is 12.1 Å². The van der Waals surface area contributed by atoms with Crippen molar-refractivity contribution in [3.8, 4) is 0 Å². The highest BCUT2D eigenvalue weighted by molar-refractivity contribution is 5.43. The quantitative estimate of drug-likeness (QED) is 0.865. The molecule has 0 spiro atoms. The normalized spacial score (nSPS) is 28.7. The molecule has 0 radical (unpaired) electrons. The van der Waals surface area contributed by atoms with E-state index in [9.17, 15) is 4.39 Å². The molecule has 3 rings (SSSR count). The maximum Gasteiger partial charge on any atom is 0.137 e. The van der Waals surface area contributed by atoms with Gasteiger partial charge >= 0.3 is 0 Å². The van der Waals surface area contributed by atoms with Crippen molar-refractivity contribution in [2.24, 2.45) is 5.92 Å². The van der Waals surface area contributed by atoms with Gasteiger partial charge in [0, 0.05) is 24.7 Å². The zero-order chi connectivity index (χ0) is 16.8. The van der Waals surface area contributed by atoms with E-state index in [-0.39, 0.29) is 18.1 Å². The summed E-state index contributed by atoms with van der Waals surface area (Å²) in [6, 6.07) is 6.72. The highest BCUT2D eigenvalue weighted by Gasteiger charge is 2.34. The predicted molar refractivity (Wildman–Crippen MR) is 92.1 cm³/mol. The summed E-state index contributed by atoms with van der Waals surface area (Å²) >= 11 is 0. The van der Waals surface area contributed by atoms with Gasteiger partial charge in [-0.3, -0.25) is 4.84 Å². The summed E-state index contributed by atoms with van der Waals surface area (Å²) in [7, 11) is 0. The van der Waals surface area contributed by atoms with Crippen molar-refractivity contribution in [1.29, 1.82) is 0 Å². The van der Waals surface area contributed by atoms with Crippen LogP contribution in [0, 0.1) is 11.7 Å². The first-order valence-corrected chi connectivity index (χ1v) is 9.00. The summed E-state index contributed by atoms with van der Waals surface area (Å²) < 4.78 is 19.1. The van der Waals surface area contributed by atoms with Gasteiger partial charge in [0.1, 0.15) is 12.0 Å². The van der Waals surface area contributed by atoms with Crippen molar-refractivity contribution in [3.63, 3.8) is 0 Å². The van der Waals surface area contributed by atoms with Crippen LogP contribution in [-0.4, -0.2) is 50.2 Å². The van der Waals surface area contributed by atoms with Crippen LogP contribution in [0.15, 0.2) is 24.3 Å². The molecule has 6 heteroatoms. The average molecular weight is 337 g/mol. The Hall–Kier alpha value is -1.21. The Balaban J connectivity index is 1.63. The first-order chi connectivity index (χ1) is 11.8. The van der Waals surface area contributed by atoms with Crippen molar-refractivity contribution in [2.45, 2.75) is 38.5 Å². The highest BCUT2D eigenvalue weighted by Crippen LogP contribution is 2.26. The van der Waals surface area contributed by atoms with E-state index >= 15 is 0 Å². The highest BCUT2D eigenvalue weighted by atomic mass is 19.1. The molecule has 2 aliphatic heterocycles. The smallest absolute Gasteiger partial charge is 0.137 e. The van der Waals surface area contributed by atoms with Crippen molar-refractivity contribution >= 4 is 5.69 Å². The SMILES string of the molecule is CCNCC1CCC(Nc2ccc(F)cc2)CON2CCCO[C@H]12. The molecule has 2 unspecified atom stereocenters. The number of rotatable bonds is 5. The molecule has 0 saturated carbocycles. The van der Waals surface area contributed by atoms with Gasteiger partial charge in [0.25, 0.3) is 0 Å². The molecule has 24 heavy (non-hydrogen) atoms. The predicted octanol–water partition coefficient (Wildman–Crippen LogP) is 2.61. The summed E-state index contributed by atoms with van der Waals surface area (Å²) in [4.78, 5) is 6.05. The minimum absolute atomic E-state index is 0.0459. The number of benzene rings is 1. The van der Waals surface area contributed by atoms with Gasteiger partial charge in [0.05, 0.1) is 19.3 Å². The number of ether oxygens (including phenoxy) is 1. The van der Waals surface area contributed by atoms with E-state index in [1.54, 1.807) is 12.1 Å². The topological polar surface area (TPSA) is 45.8 Å². The van der Waals surface area contributed by atoms with Crippen molar-refractivity contribution < 1.29 is 14.0 Å². The van der Waals surface area contributed by atoms with Crippen LogP contribution >= 0.6 is 0 Å². The molecule has 0 aromatic heterocycles. The molecule has 2 heterocycles. The lowest BCUT2D eigenvalue weighted by molar-refractivity contribution is -0.294. The van der Waals surface area contributed by atoms with E-state index in [4.69, 9.17) is 9.57 Å². The number of nitrogens with zero attached hydrogens (tertiary/aromatic N) is 1. The maximum atomic E-state index is 13.1. The number of hydrogen-bond acceptors (Lipinski definition) is 5. The third kappa shape index (κ3) is 4.66. The second-order valence-electron chi connectivity index (χ2n) is 6.54. The molecule has 0 amide bonds. The van der Waals surface area contributed by atoms with Crippen LogP contribution in [0.2, 0.25) is 0 Å². The Morgan fingerprint density at radius 3 is 2.88 bits per heavy atom. The van der Waals surface area contributed by atoms with Gasteiger partial charge in [-0.25, -0.2) is 4.39 Å². The fourth-order valence-electron chi connectivity index (χ4n) is 3.40. The van der Waals surface area contributed by atoms with Crippen LogP contribution in [0.4, 0.5) is 10.1 Å². The molecule has 2 N–H and O–H groups in total. The number of hydrogen-bond donors (Lipinski definition) is 2. The van der Waals surface area contributed by atoms with Crippen molar-refractivity contribution in [3.05, 3.63) is 30.1 Å². The van der Waals surface area contributed by atoms with Gasteiger partial charge < -0.3 is 15.4 Å². The van der Waals surface area contributed by atoms with E-state index < -0.39 is 0 Å². The lowest BCUT2D eigenvalue weighted by atomic mass is 9.96. The minimum atomic E-state index is -0.214. The number of anilines is 1. The fourth-order valence-corrected chi connectivity index (χ4v) is 3.40. The Labute approximate surface area is 143 Å². The summed E-state index contributed by atoms with van der Waals surface area (Å²) in [5.41, 5.74) is 0.931. The van der Waals surface area contributed by atoms with Gasteiger partial charge in [0.2, 0.25) is 0 Å². The fraction of sp³-hybridized carbons (Fsp3) is 0.667. The van der Waals surface area contributed by atoms with Crippen LogP contribution in [0.3, 0.4) is 0 Å². The number of nitrogens with one attached hydrogen (secondary N) is 2. The van der Waals surface area contributed by atoms with E-state index in [2.05, 4.69) is 17.6 Å². The number of hydroxylamine groups is 2. The van der Waals surface area contributed by atoms with E-state index in [0.717, 1.165) is 51.2 Å². The summed E-state index contributed by atoms with van der Waals surface area (Å²) in [6.45, 7) is 6.34. The molecule has 134 valence electrons. The van der Waals surface area contributed by atoms with Gasteiger partial charge in [-0.2, -0.15) is 5.06 Å². The van der Waals surface area contributed by atoms with Gasteiger partial charge in [-0.15, -0.1) is 0 Å². The Morgan fingerprint density at radius 1 is 1.25 bits per heavy atom. The van der Waals surface area contributed by atoms with Crippen LogP contribution in [0.1, 0.15) is 26.2 Å². The summed E-state index contributed by atoms with van der Waals surface area (Å²) in [5, 5.41) is 8.93. The van der Waals surface area contributed by atoms with E-state index in [1.807, 2.05) is 5.06 Å². The zero-order valence-electron chi connectivity index (χ0n) is 14.3. The number of halogens is 1. The third-order valence-corrected chi connectivity index (χ3v) is 4.70. The average Bonchev–Trinajstić information content (AvgIpc) is 2.60. The minimum Gasteiger partial charge on any atom is -0.380 e. The third-order valence-electron chi connectivity index (χ3n) is 4.70. The van der Waals surface area contributed by atoms with Gasteiger partial charge in [-0.1, -0.05) is 6.92 Å². The lowest BCUT2D eigenvalue weighted by Gasteiger charge is -2.42. The molecule has 0 aliphatic carbocycles. The van der Waals surface area contributed by atoms with Crippen LogP contribution in [0.5, 0.6) is 0 Å². The molecule has 0 bridgehead atoms. The maximum absolute atomic E-state index is 13.1. The summed E-state index contributed by atoms with van der Waals surface area (Å²) in [5.74, 6) is 0.191. The molecule has 5 nitrogen and oxygen atoms in total. The molecule has 2 fully saturated rings. The number of fused-ring (bicyclic) bond motifs is 1. The molecule has 3 atom stereocenters. The monoisotopic (exact) mass is 337 g/mol. The first kappa shape index (κ1) is 17.6.